The van der Waals surface area contributed by atoms with Crippen molar-refractivity contribution in [1.82, 2.24) is 0 Å². The summed E-state index contributed by atoms with van der Waals surface area (Å²) in [4.78, 5) is 0. The van der Waals surface area contributed by atoms with E-state index in [0.29, 0.717) is 0 Å². The summed E-state index contributed by atoms with van der Waals surface area (Å²) >= 11 is 0. The number of rotatable bonds is 3. The number of hydrogen-bond donors (Lipinski definition) is 1. The molecule has 0 aromatic heterocycles. The standard InChI is InChI=1S/C20H31N/c1-16-9-11-17(12-10-16)18-7-3-4-8-19(18)20(15-21)13-5-2-6-14-20/h3-4,7-8,16-17H,2,5-6,9-15,21H2,1H3. The van der Waals surface area contributed by atoms with Gasteiger partial charge in [-0.25, -0.2) is 0 Å². The third-order valence-corrected chi connectivity index (χ3v) is 6.19. The minimum Gasteiger partial charge on any atom is -0.330 e. The van der Waals surface area contributed by atoms with Crippen LogP contribution in [0.5, 0.6) is 0 Å². The van der Waals surface area contributed by atoms with Crippen molar-refractivity contribution in [2.45, 2.75) is 76.0 Å². The number of nitrogens with two attached hydrogens (primary N) is 1. The Labute approximate surface area is 130 Å². The van der Waals surface area contributed by atoms with Gasteiger partial charge in [-0.1, -0.05) is 63.3 Å². The molecule has 0 atom stereocenters. The Balaban J connectivity index is 1.91. The fourth-order valence-corrected chi connectivity index (χ4v) is 4.72. The highest BCUT2D eigenvalue weighted by Gasteiger charge is 2.35. The van der Waals surface area contributed by atoms with Crippen molar-refractivity contribution in [2.24, 2.45) is 11.7 Å². The molecule has 0 amide bonds. The van der Waals surface area contributed by atoms with Gasteiger partial charge in [0.15, 0.2) is 0 Å². The van der Waals surface area contributed by atoms with E-state index in [1.807, 2.05) is 0 Å². The van der Waals surface area contributed by atoms with E-state index in [4.69, 9.17) is 5.73 Å². The smallest absolute Gasteiger partial charge is 0.00783 e. The van der Waals surface area contributed by atoms with Gasteiger partial charge in [0.1, 0.15) is 0 Å². The van der Waals surface area contributed by atoms with Gasteiger partial charge in [0.05, 0.1) is 0 Å². The average molecular weight is 285 g/mol. The first-order valence-electron chi connectivity index (χ1n) is 9.05. The Hall–Kier alpha value is -0.820. The van der Waals surface area contributed by atoms with E-state index in [1.54, 1.807) is 11.1 Å². The maximum absolute atomic E-state index is 6.29. The molecule has 1 aromatic rings. The molecule has 1 nitrogen and oxygen atoms in total. The van der Waals surface area contributed by atoms with Crippen molar-refractivity contribution in [3.8, 4) is 0 Å². The predicted octanol–water partition coefficient (Wildman–Crippen LogP) is 5.14. The first kappa shape index (κ1) is 15.1. The molecule has 2 aliphatic rings. The molecular formula is C20H31N. The van der Waals surface area contributed by atoms with E-state index in [0.717, 1.165) is 18.4 Å². The SMILES string of the molecule is CC1CCC(c2ccccc2C2(CN)CCCCC2)CC1. The fourth-order valence-electron chi connectivity index (χ4n) is 4.72. The van der Waals surface area contributed by atoms with Crippen LogP contribution in [0.15, 0.2) is 24.3 Å². The minimum atomic E-state index is 0.276. The van der Waals surface area contributed by atoms with Crippen LogP contribution in [0.3, 0.4) is 0 Å². The minimum absolute atomic E-state index is 0.276. The summed E-state index contributed by atoms with van der Waals surface area (Å²) in [6.45, 7) is 3.23. The zero-order valence-electron chi connectivity index (χ0n) is 13.6. The second-order valence-corrected chi connectivity index (χ2v) is 7.59. The van der Waals surface area contributed by atoms with Crippen molar-refractivity contribution < 1.29 is 0 Å². The summed E-state index contributed by atoms with van der Waals surface area (Å²) in [6, 6.07) is 9.27. The maximum Gasteiger partial charge on any atom is 0.00783 e. The van der Waals surface area contributed by atoms with Crippen molar-refractivity contribution in [3.05, 3.63) is 35.4 Å². The lowest BCUT2D eigenvalue weighted by Gasteiger charge is -2.40. The van der Waals surface area contributed by atoms with E-state index in [2.05, 4.69) is 31.2 Å². The van der Waals surface area contributed by atoms with Gasteiger partial charge in [0.2, 0.25) is 0 Å². The maximum atomic E-state index is 6.29. The molecule has 2 N–H and O–H groups in total. The molecule has 2 saturated carbocycles. The van der Waals surface area contributed by atoms with E-state index in [-0.39, 0.29) is 5.41 Å². The van der Waals surface area contributed by atoms with Gasteiger partial charge in [0.25, 0.3) is 0 Å². The van der Waals surface area contributed by atoms with Crippen LogP contribution in [0.25, 0.3) is 0 Å². The van der Waals surface area contributed by atoms with Crippen LogP contribution in [0.2, 0.25) is 0 Å². The number of benzene rings is 1. The van der Waals surface area contributed by atoms with Crippen LogP contribution in [0.1, 0.15) is 81.8 Å². The quantitative estimate of drug-likeness (QED) is 0.817. The van der Waals surface area contributed by atoms with Crippen molar-refractivity contribution in [3.63, 3.8) is 0 Å². The molecule has 21 heavy (non-hydrogen) atoms. The summed E-state index contributed by atoms with van der Waals surface area (Å²) in [7, 11) is 0. The Morgan fingerprint density at radius 3 is 2.33 bits per heavy atom. The average Bonchev–Trinajstić information content (AvgIpc) is 2.56. The molecule has 2 aliphatic carbocycles. The van der Waals surface area contributed by atoms with E-state index in [1.165, 1.54) is 57.8 Å². The second-order valence-electron chi connectivity index (χ2n) is 7.59. The molecule has 0 heterocycles. The van der Waals surface area contributed by atoms with Crippen LogP contribution in [0, 0.1) is 5.92 Å². The molecule has 0 radical (unpaired) electrons. The highest BCUT2D eigenvalue weighted by Crippen LogP contribution is 2.44. The Bertz CT molecular complexity index is 451. The first-order chi connectivity index (χ1) is 10.2. The molecule has 2 fully saturated rings. The molecule has 116 valence electrons. The molecular weight excluding hydrogens is 254 g/mol. The first-order valence-corrected chi connectivity index (χ1v) is 9.05. The Morgan fingerprint density at radius 2 is 1.67 bits per heavy atom. The van der Waals surface area contributed by atoms with E-state index >= 15 is 0 Å². The van der Waals surface area contributed by atoms with Crippen LogP contribution in [-0.4, -0.2) is 6.54 Å². The van der Waals surface area contributed by atoms with Gasteiger partial charge in [-0.15, -0.1) is 0 Å². The van der Waals surface area contributed by atoms with Gasteiger partial charge >= 0.3 is 0 Å². The summed E-state index contributed by atoms with van der Waals surface area (Å²) in [6.07, 6.45) is 12.2. The highest BCUT2D eigenvalue weighted by molar-refractivity contribution is 5.38. The lowest BCUT2D eigenvalue weighted by molar-refractivity contribution is 0.292. The molecule has 3 rings (SSSR count). The molecule has 0 saturated heterocycles. The highest BCUT2D eigenvalue weighted by atomic mass is 14.6. The normalized spacial score (nSPS) is 29.2. The number of hydrogen-bond acceptors (Lipinski definition) is 1. The molecule has 0 bridgehead atoms. The summed E-state index contributed by atoms with van der Waals surface area (Å²) in [5.41, 5.74) is 9.81. The Kier molecular flexibility index (Phi) is 4.69. The van der Waals surface area contributed by atoms with Crippen LogP contribution in [-0.2, 0) is 5.41 Å². The van der Waals surface area contributed by atoms with Crippen LogP contribution >= 0.6 is 0 Å². The topological polar surface area (TPSA) is 26.0 Å². The molecule has 0 spiro atoms. The zero-order valence-corrected chi connectivity index (χ0v) is 13.6. The van der Waals surface area contributed by atoms with Gasteiger partial charge in [-0.2, -0.15) is 0 Å². The van der Waals surface area contributed by atoms with Crippen molar-refractivity contribution in [2.75, 3.05) is 6.54 Å². The molecule has 1 aromatic carbocycles. The Morgan fingerprint density at radius 1 is 1.00 bits per heavy atom. The lowest BCUT2D eigenvalue weighted by Crippen LogP contribution is -2.38. The van der Waals surface area contributed by atoms with E-state index in [9.17, 15) is 0 Å². The summed E-state index contributed by atoms with van der Waals surface area (Å²) in [5.74, 6) is 1.70. The second kappa shape index (κ2) is 6.52. The largest absolute Gasteiger partial charge is 0.330 e. The summed E-state index contributed by atoms with van der Waals surface area (Å²) in [5, 5.41) is 0. The van der Waals surface area contributed by atoms with Gasteiger partial charge in [-0.3, -0.25) is 0 Å². The fraction of sp³-hybridized carbons (Fsp3) is 0.700. The lowest BCUT2D eigenvalue weighted by atomic mass is 9.65. The van der Waals surface area contributed by atoms with Gasteiger partial charge in [0, 0.05) is 12.0 Å². The zero-order chi connectivity index (χ0) is 14.7. The summed E-state index contributed by atoms with van der Waals surface area (Å²) < 4.78 is 0. The van der Waals surface area contributed by atoms with E-state index < -0.39 is 0 Å². The van der Waals surface area contributed by atoms with Crippen LogP contribution < -0.4 is 5.73 Å². The van der Waals surface area contributed by atoms with Crippen molar-refractivity contribution in [1.29, 1.82) is 0 Å². The monoisotopic (exact) mass is 285 g/mol. The van der Waals surface area contributed by atoms with Gasteiger partial charge < -0.3 is 5.73 Å². The third-order valence-electron chi connectivity index (χ3n) is 6.19. The van der Waals surface area contributed by atoms with Crippen LogP contribution in [0.4, 0.5) is 0 Å². The molecule has 0 unspecified atom stereocenters. The van der Waals surface area contributed by atoms with Crippen molar-refractivity contribution >= 4 is 0 Å². The predicted molar refractivity (Wildman–Crippen MR) is 90.6 cm³/mol. The molecule has 1 heteroatoms. The third kappa shape index (κ3) is 3.04. The van der Waals surface area contributed by atoms with Gasteiger partial charge in [-0.05, 0) is 48.6 Å². The molecule has 0 aliphatic heterocycles.